The Hall–Kier alpha value is -6.28. The van der Waals surface area contributed by atoms with Gasteiger partial charge in [-0.3, -0.25) is 20.2 Å². The first kappa shape index (κ1) is 38.0. The number of nitrogens with zero attached hydrogens (tertiary/aromatic N) is 2. The van der Waals surface area contributed by atoms with Gasteiger partial charge in [0.25, 0.3) is 11.4 Å². The molecule has 0 aliphatic heterocycles. The third-order valence-corrected chi connectivity index (χ3v) is 8.02. The van der Waals surface area contributed by atoms with E-state index in [2.05, 4.69) is 0 Å². The van der Waals surface area contributed by atoms with Gasteiger partial charge in [0.1, 0.15) is 31.5 Å². The molecular formula is C40H36N2O11. The van der Waals surface area contributed by atoms with Crippen molar-refractivity contribution in [2.45, 2.75) is 38.1 Å². The lowest BCUT2D eigenvalue weighted by Gasteiger charge is -2.33. The lowest BCUT2D eigenvalue weighted by atomic mass is 10.1. The summed E-state index contributed by atoms with van der Waals surface area (Å²) in [6, 6.07) is 38.0. The van der Waals surface area contributed by atoms with Crippen LogP contribution in [0.1, 0.15) is 37.4 Å². The van der Waals surface area contributed by atoms with Crippen LogP contribution in [0.2, 0.25) is 0 Å². The second kappa shape index (κ2) is 19.4. The molecule has 0 heterocycles. The summed E-state index contributed by atoms with van der Waals surface area (Å²) in [6.45, 7) is -0.374. The molecule has 0 saturated heterocycles. The molecule has 5 rings (SSSR count). The van der Waals surface area contributed by atoms with Crippen LogP contribution in [0.15, 0.2) is 140 Å². The summed E-state index contributed by atoms with van der Waals surface area (Å²) >= 11 is 0. The molecule has 0 fully saturated rings. The molecule has 2 atom stereocenters. The van der Waals surface area contributed by atoms with Gasteiger partial charge in [-0.15, -0.1) is 0 Å². The van der Waals surface area contributed by atoms with Gasteiger partial charge >= 0.3 is 11.9 Å². The van der Waals surface area contributed by atoms with Gasteiger partial charge in [-0.05, 0) is 41.0 Å². The van der Waals surface area contributed by atoms with Gasteiger partial charge in [-0.1, -0.05) is 91.0 Å². The van der Waals surface area contributed by atoms with Crippen molar-refractivity contribution >= 4 is 23.3 Å². The molecule has 0 spiro atoms. The highest BCUT2D eigenvalue weighted by molar-refractivity contribution is 5.90. The number of nitro benzene ring substituents is 2. The minimum atomic E-state index is -1.00. The quantitative estimate of drug-likeness (QED) is 0.0478. The van der Waals surface area contributed by atoms with Crippen LogP contribution in [0.5, 0.6) is 0 Å². The Morgan fingerprint density at radius 1 is 0.472 bits per heavy atom. The molecule has 0 radical (unpaired) electrons. The van der Waals surface area contributed by atoms with E-state index in [0.29, 0.717) is 0 Å². The summed E-state index contributed by atoms with van der Waals surface area (Å²) in [5.41, 5.74) is 2.30. The van der Waals surface area contributed by atoms with E-state index in [1.54, 1.807) is 0 Å². The van der Waals surface area contributed by atoms with Gasteiger partial charge < -0.3 is 23.7 Å². The standard InChI is InChI=1S/C40H36N2O11/c43-39(32-16-20-34(21-17-32)41(45)46)52-27-36(49-24-29-10-4-1-5-11-29)38(51-26-31-14-8-3-9-15-31)37(50-25-30-12-6-2-7-13-30)28-53-40(44)33-18-22-35(23-19-33)42(47)48/h1-23,36-38H,24-28H2. The monoisotopic (exact) mass is 720 g/mol. The van der Waals surface area contributed by atoms with E-state index in [0.717, 1.165) is 16.7 Å². The normalized spacial score (nSPS) is 12.6. The van der Waals surface area contributed by atoms with E-state index >= 15 is 0 Å². The number of carbonyl (C=O) groups excluding carboxylic acids is 2. The van der Waals surface area contributed by atoms with E-state index in [-0.39, 0.29) is 55.5 Å². The fourth-order valence-corrected chi connectivity index (χ4v) is 5.17. The van der Waals surface area contributed by atoms with E-state index in [1.165, 1.54) is 48.5 Å². The Balaban J connectivity index is 1.44. The van der Waals surface area contributed by atoms with E-state index in [9.17, 15) is 29.8 Å². The Labute approximate surface area is 305 Å². The SMILES string of the molecule is O=C(OCC(OCc1ccccc1)C(OCc1ccccc1)C(COC(=O)c1ccc([N+](=O)[O-])cc1)OCc1ccccc1)c1ccc([N+](=O)[O-])cc1. The second-order valence-corrected chi connectivity index (χ2v) is 11.7. The van der Waals surface area contributed by atoms with Crippen LogP contribution in [0.25, 0.3) is 0 Å². The van der Waals surface area contributed by atoms with E-state index < -0.39 is 40.1 Å². The molecule has 0 aromatic heterocycles. The lowest BCUT2D eigenvalue weighted by molar-refractivity contribution is -0.385. The maximum absolute atomic E-state index is 13.2. The van der Waals surface area contributed by atoms with Crippen molar-refractivity contribution in [3.63, 3.8) is 0 Å². The van der Waals surface area contributed by atoms with Crippen molar-refractivity contribution in [2.75, 3.05) is 13.2 Å². The summed E-state index contributed by atoms with van der Waals surface area (Å²) < 4.78 is 30.7. The molecule has 0 aliphatic carbocycles. The fraction of sp³-hybridized carbons (Fsp3) is 0.200. The molecule has 0 N–H and O–H groups in total. The van der Waals surface area contributed by atoms with Crippen LogP contribution in [0, 0.1) is 20.2 Å². The van der Waals surface area contributed by atoms with Crippen LogP contribution in [0.4, 0.5) is 11.4 Å². The van der Waals surface area contributed by atoms with Crippen LogP contribution >= 0.6 is 0 Å². The predicted octanol–water partition coefficient (Wildman–Crippen LogP) is 7.27. The van der Waals surface area contributed by atoms with Crippen molar-refractivity contribution < 1.29 is 43.1 Å². The van der Waals surface area contributed by atoms with Gasteiger partial charge in [0.05, 0.1) is 40.8 Å². The van der Waals surface area contributed by atoms with Crippen LogP contribution in [-0.2, 0) is 43.5 Å². The van der Waals surface area contributed by atoms with Crippen LogP contribution in [-0.4, -0.2) is 53.3 Å². The van der Waals surface area contributed by atoms with Crippen molar-refractivity contribution in [1.82, 2.24) is 0 Å². The molecule has 272 valence electrons. The van der Waals surface area contributed by atoms with E-state index in [1.807, 2.05) is 91.0 Å². The van der Waals surface area contributed by atoms with Gasteiger partial charge in [-0.2, -0.15) is 0 Å². The summed E-state index contributed by atoms with van der Waals surface area (Å²) in [6.07, 6.45) is -2.98. The molecule has 13 nitrogen and oxygen atoms in total. The highest BCUT2D eigenvalue weighted by atomic mass is 16.6. The number of rotatable bonds is 19. The zero-order valence-corrected chi connectivity index (χ0v) is 28.4. The number of hydrogen-bond donors (Lipinski definition) is 0. The Bertz CT molecular complexity index is 1800. The summed E-state index contributed by atoms with van der Waals surface area (Å²) in [5.74, 6) is -1.50. The minimum absolute atomic E-state index is 0.0908. The topological polar surface area (TPSA) is 167 Å². The maximum Gasteiger partial charge on any atom is 0.338 e. The number of benzene rings is 5. The zero-order chi connectivity index (χ0) is 37.4. The van der Waals surface area contributed by atoms with Crippen molar-refractivity contribution in [1.29, 1.82) is 0 Å². The Morgan fingerprint density at radius 2 is 0.792 bits per heavy atom. The zero-order valence-electron chi connectivity index (χ0n) is 28.4. The third kappa shape index (κ3) is 11.6. The van der Waals surface area contributed by atoms with Crippen LogP contribution < -0.4 is 0 Å². The van der Waals surface area contributed by atoms with Crippen LogP contribution in [0.3, 0.4) is 0 Å². The number of carbonyl (C=O) groups is 2. The molecule has 0 bridgehead atoms. The van der Waals surface area contributed by atoms with Gasteiger partial charge in [0.15, 0.2) is 0 Å². The highest BCUT2D eigenvalue weighted by Crippen LogP contribution is 2.22. The van der Waals surface area contributed by atoms with Crippen molar-refractivity contribution in [3.8, 4) is 0 Å². The predicted molar refractivity (Wildman–Crippen MR) is 192 cm³/mol. The number of non-ortho nitro benzene ring substituents is 2. The average Bonchev–Trinajstić information content (AvgIpc) is 3.20. The molecule has 5 aromatic rings. The fourth-order valence-electron chi connectivity index (χ4n) is 5.17. The first-order valence-electron chi connectivity index (χ1n) is 16.6. The molecule has 5 aromatic carbocycles. The Morgan fingerprint density at radius 3 is 1.11 bits per heavy atom. The minimum Gasteiger partial charge on any atom is -0.459 e. The average molecular weight is 721 g/mol. The number of esters is 2. The summed E-state index contributed by atoms with van der Waals surface area (Å²) in [4.78, 5) is 47.5. The van der Waals surface area contributed by atoms with Gasteiger partial charge in [0, 0.05) is 24.3 Å². The number of ether oxygens (including phenoxy) is 5. The first-order chi connectivity index (χ1) is 25.8. The highest BCUT2D eigenvalue weighted by Gasteiger charge is 2.35. The molecule has 0 amide bonds. The smallest absolute Gasteiger partial charge is 0.338 e. The molecule has 0 aliphatic rings. The second-order valence-electron chi connectivity index (χ2n) is 11.7. The van der Waals surface area contributed by atoms with Gasteiger partial charge in [-0.25, -0.2) is 9.59 Å². The van der Waals surface area contributed by atoms with E-state index in [4.69, 9.17) is 23.7 Å². The molecular weight excluding hydrogens is 684 g/mol. The maximum atomic E-state index is 13.2. The molecule has 2 unspecified atom stereocenters. The molecule has 0 saturated carbocycles. The first-order valence-corrected chi connectivity index (χ1v) is 16.6. The molecule has 13 heteroatoms. The third-order valence-electron chi connectivity index (χ3n) is 8.02. The van der Waals surface area contributed by atoms with Gasteiger partial charge in [0.2, 0.25) is 0 Å². The van der Waals surface area contributed by atoms with Crippen molar-refractivity contribution in [3.05, 3.63) is 188 Å². The largest absolute Gasteiger partial charge is 0.459 e. The molecule has 53 heavy (non-hydrogen) atoms. The number of hydrogen-bond acceptors (Lipinski definition) is 11. The summed E-state index contributed by atoms with van der Waals surface area (Å²) in [5, 5.41) is 22.3. The Kier molecular flexibility index (Phi) is 13.9. The lowest BCUT2D eigenvalue weighted by Crippen LogP contribution is -2.47. The number of nitro groups is 2. The van der Waals surface area contributed by atoms with Crippen molar-refractivity contribution in [2.24, 2.45) is 0 Å². The summed E-state index contributed by atoms with van der Waals surface area (Å²) in [7, 11) is 0.